The molecule has 0 bridgehead atoms. The van der Waals surface area contributed by atoms with Gasteiger partial charge in [-0.1, -0.05) is 18.2 Å². The lowest BCUT2D eigenvalue weighted by atomic mass is 9.85. The molecule has 1 atom stereocenters. The fourth-order valence-electron chi connectivity index (χ4n) is 3.73. The van der Waals surface area contributed by atoms with Gasteiger partial charge < -0.3 is 4.90 Å². The summed E-state index contributed by atoms with van der Waals surface area (Å²) in [6.45, 7) is 1.39. The average Bonchev–Trinajstić information content (AvgIpc) is 2.81. The highest BCUT2D eigenvalue weighted by Gasteiger charge is 2.28. The summed E-state index contributed by atoms with van der Waals surface area (Å²) in [5.74, 6) is -0.899. The largest absolute Gasteiger partial charge is 0.302 e. The summed E-state index contributed by atoms with van der Waals surface area (Å²) in [6.07, 6.45) is 2.26. The molecule has 0 aliphatic carbocycles. The van der Waals surface area contributed by atoms with Crippen LogP contribution < -0.4 is 0 Å². The summed E-state index contributed by atoms with van der Waals surface area (Å²) >= 11 is 0. The molecule has 0 saturated carbocycles. The lowest BCUT2D eigenvalue weighted by Crippen LogP contribution is -2.17. The molecule has 1 aromatic heterocycles. The third-order valence-electron chi connectivity index (χ3n) is 4.95. The summed E-state index contributed by atoms with van der Waals surface area (Å²) in [6, 6.07) is 13.7. The molecule has 3 nitrogen and oxygen atoms in total. The van der Waals surface area contributed by atoms with Gasteiger partial charge in [-0.05, 0) is 67.0 Å². The molecule has 4 rings (SSSR count). The summed E-state index contributed by atoms with van der Waals surface area (Å²) < 4.78 is 29.6. The van der Waals surface area contributed by atoms with E-state index < -0.39 is 0 Å². The minimum Gasteiger partial charge on any atom is -0.302 e. The Morgan fingerprint density at radius 3 is 2.65 bits per heavy atom. The molecule has 2 heterocycles. The highest BCUT2D eigenvalue weighted by atomic mass is 19.1. The van der Waals surface area contributed by atoms with Crippen LogP contribution in [0.5, 0.6) is 0 Å². The van der Waals surface area contributed by atoms with Gasteiger partial charge in [-0.25, -0.2) is 8.78 Å². The highest BCUT2D eigenvalue weighted by Crippen LogP contribution is 2.38. The van der Waals surface area contributed by atoms with Gasteiger partial charge in [0.05, 0.1) is 5.69 Å². The topological polar surface area (TPSA) is 29.0 Å². The number of rotatable bonds is 2. The number of fused-ring (bicyclic) bond motifs is 1. The predicted molar refractivity (Wildman–Crippen MR) is 96.6 cm³/mol. The van der Waals surface area contributed by atoms with Crippen molar-refractivity contribution in [2.24, 2.45) is 0 Å². The second-order valence-electron chi connectivity index (χ2n) is 6.74. The predicted octanol–water partition coefficient (Wildman–Crippen LogP) is 4.39. The van der Waals surface area contributed by atoms with E-state index in [9.17, 15) is 4.39 Å². The van der Waals surface area contributed by atoms with Crippen LogP contribution in [0.15, 0.2) is 54.7 Å². The maximum absolute atomic E-state index is 15.2. The average molecular weight is 351 g/mol. The molecular weight excluding hydrogens is 332 g/mol. The molecule has 1 aliphatic rings. The zero-order valence-electron chi connectivity index (χ0n) is 14.5. The molecule has 3 aromatic rings. The molecule has 0 amide bonds. The molecule has 0 spiro atoms. The van der Waals surface area contributed by atoms with E-state index in [1.165, 1.54) is 12.1 Å². The Bertz CT molecular complexity index is 928. The fourth-order valence-corrected chi connectivity index (χ4v) is 3.73. The lowest BCUT2D eigenvalue weighted by molar-refractivity contribution is 0.327. The number of nitrogens with zero attached hydrogens (tertiary/aromatic N) is 3. The lowest BCUT2D eigenvalue weighted by Gasteiger charge is -2.20. The summed E-state index contributed by atoms with van der Waals surface area (Å²) in [5, 5.41) is 7.96. The van der Waals surface area contributed by atoms with Crippen LogP contribution in [-0.2, 0) is 6.54 Å². The Morgan fingerprint density at radius 1 is 1.04 bits per heavy atom. The number of benzene rings is 2. The summed E-state index contributed by atoms with van der Waals surface area (Å²) in [5.41, 5.74) is 3.33. The first-order chi connectivity index (χ1) is 12.6. The maximum Gasteiger partial charge on any atom is 0.128 e. The van der Waals surface area contributed by atoms with Gasteiger partial charge in [0.25, 0.3) is 0 Å². The molecule has 1 aliphatic heterocycles. The second-order valence-corrected chi connectivity index (χ2v) is 6.74. The second kappa shape index (κ2) is 6.92. The van der Waals surface area contributed by atoms with Crippen molar-refractivity contribution >= 4 is 0 Å². The van der Waals surface area contributed by atoms with Crippen molar-refractivity contribution < 1.29 is 8.78 Å². The molecule has 0 saturated heterocycles. The van der Waals surface area contributed by atoms with Gasteiger partial charge in [-0.15, -0.1) is 0 Å². The molecule has 0 N–H and O–H groups in total. The van der Waals surface area contributed by atoms with Gasteiger partial charge in [0.2, 0.25) is 0 Å². The quantitative estimate of drug-likeness (QED) is 0.686. The molecule has 5 heteroatoms. The van der Waals surface area contributed by atoms with Crippen molar-refractivity contribution in [1.82, 2.24) is 15.1 Å². The van der Waals surface area contributed by atoms with Crippen molar-refractivity contribution in [3.05, 3.63) is 83.1 Å². The maximum atomic E-state index is 15.2. The minimum atomic E-state index is -0.313. The molecule has 132 valence electrons. The molecule has 0 radical (unpaired) electrons. The van der Waals surface area contributed by atoms with E-state index in [1.807, 2.05) is 19.2 Å². The van der Waals surface area contributed by atoms with Crippen LogP contribution in [0.2, 0.25) is 0 Å². The smallest absolute Gasteiger partial charge is 0.128 e. The highest BCUT2D eigenvalue weighted by molar-refractivity contribution is 5.61. The van der Waals surface area contributed by atoms with E-state index in [1.54, 1.807) is 30.5 Å². The molecule has 26 heavy (non-hydrogen) atoms. The first-order valence-corrected chi connectivity index (χ1v) is 8.67. The van der Waals surface area contributed by atoms with E-state index in [-0.39, 0.29) is 17.6 Å². The third kappa shape index (κ3) is 3.10. The summed E-state index contributed by atoms with van der Waals surface area (Å²) in [7, 11) is 2.00. The Kier molecular flexibility index (Phi) is 4.47. The third-order valence-corrected chi connectivity index (χ3v) is 4.95. The Labute approximate surface area is 151 Å². The van der Waals surface area contributed by atoms with Crippen LogP contribution in [0.25, 0.3) is 11.3 Å². The van der Waals surface area contributed by atoms with Crippen LogP contribution in [0, 0.1) is 11.6 Å². The van der Waals surface area contributed by atoms with E-state index in [0.29, 0.717) is 35.3 Å². The van der Waals surface area contributed by atoms with Gasteiger partial charge in [-0.3, -0.25) is 0 Å². The van der Waals surface area contributed by atoms with Gasteiger partial charge >= 0.3 is 0 Å². The zero-order valence-corrected chi connectivity index (χ0v) is 14.5. The van der Waals surface area contributed by atoms with Crippen molar-refractivity contribution in [1.29, 1.82) is 0 Å². The number of halogens is 2. The van der Waals surface area contributed by atoms with Gasteiger partial charge in [-0.2, -0.15) is 10.2 Å². The van der Waals surface area contributed by atoms with Crippen LogP contribution in [0.3, 0.4) is 0 Å². The normalized spacial score (nSPS) is 17.6. The van der Waals surface area contributed by atoms with Crippen LogP contribution in [0.1, 0.15) is 29.0 Å². The van der Waals surface area contributed by atoms with Crippen molar-refractivity contribution in [2.45, 2.75) is 18.9 Å². The Balaban J connectivity index is 1.87. The fraction of sp³-hybridized carbons (Fsp3) is 0.238. The van der Waals surface area contributed by atoms with Crippen molar-refractivity contribution in [3.8, 4) is 11.3 Å². The van der Waals surface area contributed by atoms with Crippen molar-refractivity contribution in [3.63, 3.8) is 0 Å². The van der Waals surface area contributed by atoms with Crippen LogP contribution >= 0.6 is 0 Å². The molecular formula is C21H19F2N3. The number of hydrogen-bond acceptors (Lipinski definition) is 3. The van der Waals surface area contributed by atoms with Gasteiger partial charge in [0.1, 0.15) is 11.6 Å². The van der Waals surface area contributed by atoms with E-state index in [2.05, 4.69) is 15.1 Å². The Morgan fingerprint density at radius 2 is 1.88 bits per heavy atom. The molecule has 1 unspecified atom stereocenters. The molecule has 0 fully saturated rings. The SMILES string of the molecule is CN1CCC(c2ccccc2F)c2c(F)cc(-c3cccnn3)cc2C1. The number of aromatic nitrogens is 2. The molecule has 2 aromatic carbocycles. The van der Waals surface area contributed by atoms with Gasteiger partial charge in [0, 0.05) is 24.2 Å². The van der Waals surface area contributed by atoms with E-state index in [0.717, 1.165) is 12.1 Å². The number of hydrogen-bond donors (Lipinski definition) is 0. The van der Waals surface area contributed by atoms with E-state index in [4.69, 9.17) is 0 Å². The monoisotopic (exact) mass is 351 g/mol. The minimum absolute atomic E-state index is 0.287. The first kappa shape index (κ1) is 16.8. The van der Waals surface area contributed by atoms with E-state index >= 15 is 4.39 Å². The van der Waals surface area contributed by atoms with Gasteiger partial charge in [0.15, 0.2) is 0 Å². The summed E-state index contributed by atoms with van der Waals surface area (Å²) in [4.78, 5) is 2.14. The van der Waals surface area contributed by atoms with Crippen molar-refractivity contribution in [2.75, 3.05) is 13.6 Å². The van der Waals surface area contributed by atoms with Crippen LogP contribution in [-0.4, -0.2) is 28.7 Å². The zero-order chi connectivity index (χ0) is 18.1. The Hall–Kier alpha value is -2.66. The van der Waals surface area contributed by atoms with Crippen LogP contribution in [0.4, 0.5) is 8.78 Å². The first-order valence-electron chi connectivity index (χ1n) is 8.67. The standard InChI is InChI=1S/C21H19F2N3/c1-26-10-8-17(16-5-2-3-6-18(16)22)21-15(13-26)11-14(12-19(21)23)20-7-4-9-24-25-20/h2-7,9,11-12,17H,8,10,13H2,1H3.